The van der Waals surface area contributed by atoms with Crippen molar-refractivity contribution in [2.24, 2.45) is 0 Å². The molecule has 1 aliphatic carbocycles. The van der Waals surface area contributed by atoms with E-state index in [0.717, 1.165) is 35.5 Å². The van der Waals surface area contributed by atoms with Gasteiger partial charge in [-0.3, -0.25) is 5.10 Å². The first-order valence-corrected chi connectivity index (χ1v) is 6.57. The molecule has 0 aromatic carbocycles. The van der Waals surface area contributed by atoms with Crippen molar-refractivity contribution in [2.75, 3.05) is 0 Å². The van der Waals surface area contributed by atoms with Crippen LogP contribution in [0.1, 0.15) is 29.9 Å². The maximum absolute atomic E-state index is 4.68. The Labute approximate surface area is 109 Å². The van der Waals surface area contributed by atoms with Crippen LogP contribution in [-0.2, 0) is 12.8 Å². The van der Waals surface area contributed by atoms with Crippen molar-refractivity contribution < 1.29 is 0 Å². The molecule has 0 spiro atoms. The van der Waals surface area contributed by atoms with Crippen LogP contribution in [0.15, 0.2) is 12.4 Å². The van der Waals surface area contributed by atoms with Crippen LogP contribution in [-0.4, -0.2) is 29.9 Å². The number of fused-ring (bicyclic) bond motifs is 2. The summed E-state index contributed by atoms with van der Waals surface area (Å²) < 4.78 is 1.88. The Kier molecular flexibility index (Phi) is 2.18. The summed E-state index contributed by atoms with van der Waals surface area (Å²) in [6.45, 7) is 1.88. The lowest BCUT2D eigenvalue weighted by molar-refractivity contribution is 0.670. The second-order valence-corrected chi connectivity index (χ2v) is 4.98. The zero-order valence-corrected chi connectivity index (χ0v) is 10.7. The number of aromatic nitrogens is 6. The lowest BCUT2D eigenvalue weighted by atomic mass is 9.99. The van der Waals surface area contributed by atoms with Crippen molar-refractivity contribution in [3.63, 3.8) is 0 Å². The van der Waals surface area contributed by atoms with Crippen molar-refractivity contribution in [1.29, 1.82) is 0 Å². The highest BCUT2D eigenvalue weighted by Gasteiger charge is 2.16. The highest BCUT2D eigenvalue weighted by molar-refractivity contribution is 5.81. The van der Waals surface area contributed by atoms with Gasteiger partial charge in [0, 0.05) is 6.20 Å². The van der Waals surface area contributed by atoms with E-state index in [1.54, 1.807) is 6.20 Å². The Bertz CT molecular complexity index is 730. The van der Waals surface area contributed by atoms with E-state index in [2.05, 4.69) is 31.5 Å². The predicted molar refractivity (Wildman–Crippen MR) is 70.2 cm³/mol. The molecule has 0 atom stereocenters. The van der Waals surface area contributed by atoms with Gasteiger partial charge in [-0.1, -0.05) is 0 Å². The Hall–Kier alpha value is -2.24. The van der Waals surface area contributed by atoms with Gasteiger partial charge in [-0.05, 0) is 38.2 Å². The third-order valence-corrected chi connectivity index (χ3v) is 3.61. The topological polar surface area (TPSA) is 72.3 Å². The van der Waals surface area contributed by atoms with Crippen LogP contribution >= 0.6 is 0 Å². The van der Waals surface area contributed by atoms with E-state index in [0.29, 0.717) is 0 Å². The molecule has 0 aliphatic heterocycles. The molecule has 0 bridgehead atoms. The molecule has 19 heavy (non-hydrogen) atoms. The molecule has 0 saturated carbocycles. The van der Waals surface area contributed by atoms with Gasteiger partial charge in [-0.25, -0.2) is 14.6 Å². The standard InChI is InChI=1S/C13H14N6/c1-8-15-12-10(6-14-17-12)13(16-8)19-7-9-4-2-3-5-11(9)18-19/h6-7H,2-5H2,1H3,(H,14,15,16,17). The minimum atomic E-state index is 0.722. The zero-order chi connectivity index (χ0) is 12.8. The van der Waals surface area contributed by atoms with Gasteiger partial charge in [0.2, 0.25) is 0 Å². The number of aromatic amines is 1. The van der Waals surface area contributed by atoms with Crippen LogP contribution in [0.5, 0.6) is 0 Å². The molecule has 0 fully saturated rings. The third kappa shape index (κ3) is 1.63. The molecule has 6 heteroatoms. The van der Waals surface area contributed by atoms with Crippen molar-refractivity contribution in [2.45, 2.75) is 32.6 Å². The highest BCUT2D eigenvalue weighted by Crippen LogP contribution is 2.23. The van der Waals surface area contributed by atoms with Crippen LogP contribution < -0.4 is 0 Å². The summed E-state index contributed by atoms with van der Waals surface area (Å²) >= 11 is 0. The van der Waals surface area contributed by atoms with Crippen LogP contribution in [0.2, 0.25) is 0 Å². The summed E-state index contributed by atoms with van der Waals surface area (Å²) in [5.74, 6) is 1.53. The van der Waals surface area contributed by atoms with Gasteiger partial charge >= 0.3 is 0 Å². The third-order valence-electron chi connectivity index (χ3n) is 3.61. The average Bonchev–Trinajstić information content (AvgIpc) is 3.03. The summed E-state index contributed by atoms with van der Waals surface area (Å²) in [6.07, 6.45) is 8.53. The zero-order valence-electron chi connectivity index (χ0n) is 10.7. The van der Waals surface area contributed by atoms with Crippen LogP contribution in [0, 0.1) is 6.92 Å². The fraction of sp³-hybridized carbons (Fsp3) is 0.385. The van der Waals surface area contributed by atoms with E-state index in [1.807, 2.05) is 11.6 Å². The number of hydrogen-bond donors (Lipinski definition) is 1. The fourth-order valence-corrected chi connectivity index (χ4v) is 2.68. The summed E-state index contributed by atoms with van der Waals surface area (Å²) in [4.78, 5) is 8.85. The number of H-pyrrole nitrogens is 1. The smallest absolute Gasteiger partial charge is 0.168 e. The molecule has 4 rings (SSSR count). The second kappa shape index (κ2) is 3.88. The van der Waals surface area contributed by atoms with E-state index in [4.69, 9.17) is 0 Å². The van der Waals surface area contributed by atoms with Gasteiger partial charge < -0.3 is 0 Å². The maximum Gasteiger partial charge on any atom is 0.168 e. The molecule has 0 unspecified atom stereocenters. The summed E-state index contributed by atoms with van der Waals surface area (Å²) in [7, 11) is 0. The van der Waals surface area contributed by atoms with Gasteiger partial charge in [-0.15, -0.1) is 0 Å². The second-order valence-electron chi connectivity index (χ2n) is 4.98. The molecule has 1 aliphatic rings. The lowest BCUT2D eigenvalue weighted by Crippen LogP contribution is -2.03. The minimum absolute atomic E-state index is 0.722. The van der Waals surface area contributed by atoms with Crippen molar-refractivity contribution in [3.05, 3.63) is 29.5 Å². The SMILES string of the molecule is Cc1nc(-n2cc3c(n2)CCCC3)c2cn[nH]c2n1. The lowest BCUT2D eigenvalue weighted by Gasteiger charge is -2.06. The summed E-state index contributed by atoms with van der Waals surface area (Å²) in [5.41, 5.74) is 3.31. The Morgan fingerprint density at radius 1 is 1.21 bits per heavy atom. The maximum atomic E-state index is 4.68. The molecule has 6 nitrogen and oxygen atoms in total. The van der Waals surface area contributed by atoms with Gasteiger partial charge in [0.1, 0.15) is 5.82 Å². The molecular formula is C13H14N6. The first kappa shape index (κ1) is 10.7. The Balaban J connectivity index is 1.94. The molecule has 3 heterocycles. The van der Waals surface area contributed by atoms with E-state index in [1.165, 1.54) is 24.1 Å². The quantitative estimate of drug-likeness (QED) is 0.717. The largest absolute Gasteiger partial charge is 0.261 e. The Morgan fingerprint density at radius 3 is 3.00 bits per heavy atom. The number of nitrogens with one attached hydrogen (secondary N) is 1. The molecule has 3 aromatic rings. The molecular weight excluding hydrogens is 240 g/mol. The predicted octanol–water partition coefficient (Wildman–Crippen LogP) is 1.73. The summed E-state index contributed by atoms with van der Waals surface area (Å²) in [6, 6.07) is 0. The van der Waals surface area contributed by atoms with Gasteiger partial charge in [0.15, 0.2) is 11.5 Å². The molecule has 3 aromatic heterocycles. The molecule has 0 radical (unpaired) electrons. The highest BCUT2D eigenvalue weighted by atomic mass is 15.3. The van der Waals surface area contributed by atoms with E-state index < -0.39 is 0 Å². The van der Waals surface area contributed by atoms with Crippen LogP contribution in [0.25, 0.3) is 16.9 Å². The molecule has 96 valence electrons. The normalized spacial score (nSPS) is 14.8. The van der Waals surface area contributed by atoms with E-state index in [-0.39, 0.29) is 0 Å². The first-order chi connectivity index (χ1) is 9.31. The van der Waals surface area contributed by atoms with Gasteiger partial charge in [-0.2, -0.15) is 10.2 Å². The van der Waals surface area contributed by atoms with Crippen molar-refractivity contribution in [3.8, 4) is 5.82 Å². The van der Waals surface area contributed by atoms with E-state index in [9.17, 15) is 0 Å². The summed E-state index contributed by atoms with van der Waals surface area (Å²) in [5, 5.41) is 12.5. The van der Waals surface area contributed by atoms with Crippen LogP contribution in [0.3, 0.4) is 0 Å². The van der Waals surface area contributed by atoms with Crippen LogP contribution in [0.4, 0.5) is 0 Å². The molecule has 1 N–H and O–H groups in total. The van der Waals surface area contributed by atoms with Gasteiger partial charge in [0.05, 0.1) is 17.3 Å². The number of nitrogens with zero attached hydrogens (tertiary/aromatic N) is 5. The van der Waals surface area contributed by atoms with Gasteiger partial charge in [0.25, 0.3) is 0 Å². The van der Waals surface area contributed by atoms with E-state index >= 15 is 0 Å². The number of hydrogen-bond acceptors (Lipinski definition) is 4. The first-order valence-electron chi connectivity index (χ1n) is 6.57. The number of aryl methyl sites for hydroxylation is 3. The van der Waals surface area contributed by atoms with Crippen molar-refractivity contribution >= 4 is 11.0 Å². The fourth-order valence-electron chi connectivity index (χ4n) is 2.68. The number of rotatable bonds is 1. The molecule has 0 amide bonds. The molecule has 0 saturated heterocycles. The average molecular weight is 254 g/mol. The minimum Gasteiger partial charge on any atom is -0.261 e. The Morgan fingerprint density at radius 2 is 2.11 bits per heavy atom. The monoisotopic (exact) mass is 254 g/mol. The van der Waals surface area contributed by atoms with Crippen molar-refractivity contribution in [1.82, 2.24) is 29.9 Å².